The van der Waals surface area contributed by atoms with Crippen molar-refractivity contribution in [2.75, 3.05) is 4.72 Å². The fourth-order valence-electron chi connectivity index (χ4n) is 2.63. The van der Waals surface area contributed by atoms with E-state index in [1.807, 2.05) is 0 Å². The summed E-state index contributed by atoms with van der Waals surface area (Å²) in [5, 5.41) is 15.6. The molecule has 1 heterocycles. The molecular weight excluding hydrogens is 429 g/mol. The second kappa shape index (κ2) is 9.06. The highest BCUT2D eigenvalue weighted by molar-refractivity contribution is 7.94. The average Bonchev–Trinajstić information content (AvgIpc) is 3.27. The lowest BCUT2D eigenvalue weighted by Crippen LogP contribution is -2.22. The number of hydrazone groups is 1. The lowest BCUT2D eigenvalue weighted by atomic mass is 10.1. The highest BCUT2D eigenvalue weighted by atomic mass is 32.2. The topological polar surface area (TPSA) is 108 Å². The van der Waals surface area contributed by atoms with Crippen LogP contribution in [0.25, 0.3) is 0 Å². The van der Waals surface area contributed by atoms with Crippen molar-refractivity contribution >= 4 is 38.7 Å². The van der Waals surface area contributed by atoms with Crippen LogP contribution >= 0.6 is 11.3 Å². The molecule has 1 amide bonds. The summed E-state index contributed by atoms with van der Waals surface area (Å²) in [5.41, 5.74) is 2.90. The van der Waals surface area contributed by atoms with Crippen LogP contribution in [-0.2, 0) is 10.0 Å². The quantitative estimate of drug-likeness (QED) is 0.377. The van der Waals surface area contributed by atoms with Crippen LogP contribution < -0.4 is 10.1 Å². The second-order valence-electron chi connectivity index (χ2n) is 6.10. The number of nitrogens with zero attached hydrogens (tertiary/aromatic N) is 1. The van der Waals surface area contributed by atoms with Crippen molar-refractivity contribution in [2.24, 2.45) is 5.10 Å². The smallest absolute Gasteiger partial charge is 0.273 e. The van der Waals surface area contributed by atoms with Crippen LogP contribution in [0.15, 0.2) is 69.3 Å². The molecule has 0 radical (unpaired) electrons. The van der Waals surface area contributed by atoms with Crippen LogP contribution in [0.1, 0.15) is 29.3 Å². The molecule has 3 aromatic rings. The van der Waals surface area contributed by atoms with Crippen molar-refractivity contribution in [2.45, 2.75) is 17.6 Å². The molecule has 0 saturated carbocycles. The van der Waals surface area contributed by atoms with Gasteiger partial charge in [0.15, 0.2) is 0 Å². The molecule has 0 spiro atoms. The summed E-state index contributed by atoms with van der Waals surface area (Å²) in [4.78, 5) is 12.7. The predicted molar refractivity (Wildman–Crippen MR) is 114 cm³/mol. The highest BCUT2D eigenvalue weighted by Crippen LogP contribution is 2.23. The molecule has 30 heavy (non-hydrogen) atoms. The van der Waals surface area contributed by atoms with Gasteiger partial charge in [0.25, 0.3) is 15.9 Å². The number of amides is 1. The molecule has 0 aliphatic heterocycles. The molecule has 0 bridgehead atoms. The number of benzene rings is 2. The Balaban J connectivity index is 1.85. The van der Waals surface area contributed by atoms with Gasteiger partial charge in [0, 0.05) is 5.56 Å². The van der Waals surface area contributed by atoms with E-state index in [4.69, 9.17) is 0 Å². The van der Waals surface area contributed by atoms with Crippen molar-refractivity contribution in [3.8, 4) is 5.75 Å². The molecule has 0 fully saturated rings. The standard InChI is InChI=1S/C20H18FN3O4S2/c1-2-16(15-12-13(21)9-10-18(15)25)22-23-20(26)14-6-3-4-7-17(14)24-30(27,28)19-8-5-11-29-19/h3-12,24-25H,2H2,1H3,(H,23,26)/b22-16+. The van der Waals surface area contributed by atoms with Crippen LogP contribution in [0.2, 0.25) is 0 Å². The number of carbonyl (C=O) groups excluding carboxylic acids is 1. The highest BCUT2D eigenvalue weighted by Gasteiger charge is 2.19. The van der Waals surface area contributed by atoms with Gasteiger partial charge in [0.05, 0.1) is 17.0 Å². The first-order valence-electron chi connectivity index (χ1n) is 8.83. The van der Waals surface area contributed by atoms with Gasteiger partial charge in [-0.2, -0.15) is 5.10 Å². The second-order valence-corrected chi connectivity index (χ2v) is 8.95. The van der Waals surface area contributed by atoms with Crippen LogP contribution in [-0.4, -0.2) is 25.1 Å². The summed E-state index contributed by atoms with van der Waals surface area (Å²) in [6, 6.07) is 12.6. The maximum Gasteiger partial charge on any atom is 0.273 e. The lowest BCUT2D eigenvalue weighted by Gasteiger charge is -2.11. The molecular formula is C20H18FN3O4S2. The Morgan fingerprint density at radius 1 is 1.13 bits per heavy atom. The minimum atomic E-state index is -3.84. The number of thiophene rings is 1. The van der Waals surface area contributed by atoms with Crippen LogP contribution in [0.5, 0.6) is 5.75 Å². The van der Waals surface area contributed by atoms with E-state index in [9.17, 15) is 22.7 Å². The van der Waals surface area contributed by atoms with Crippen LogP contribution in [0, 0.1) is 5.82 Å². The minimum absolute atomic E-state index is 0.0558. The van der Waals surface area contributed by atoms with Gasteiger partial charge in [-0.05, 0) is 48.2 Å². The Morgan fingerprint density at radius 3 is 2.60 bits per heavy atom. The molecule has 7 nitrogen and oxygen atoms in total. The van der Waals surface area contributed by atoms with E-state index >= 15 is 0 Å². The molecule has 0 atom stereocenters. The van der Waals surface area contributed by atoms with Crippen LogP contribution in [0.4, 0.5) is 10.1 Å². The fourth-order valence-corrected chi connectivity index (χ4v) is 4.70. The van der Waals surface area contributed by atoms with E-state index < -0.39 is 21.7 Å². The molecule has 3 N–H and O–H groups in total. The number of aromatic hydroxyl groups is 1. The Hall–Kier alpha value is -3.24. The van der Waals surface area contributed by atoms with E-state index in [2.05, 4.69) is 15.2 Å². The molecule has 10 heteroatoms. The molecule has 156 valence electrons. The number of halogens is 1. The summed E-state index contributed by atoms with van der Waals surface area (Å²) in [7, 11) is -3.84. The molecule has 0 aliphatic carbocycles. The molecule has 1 aromatic heterocycles. The number of hydrogen-bond acceptors (Lipinski definition) is 6. The first-order chi connectivity index (χ1) is 14.3. The maximum absolute atomic E-state index is 13.5. The van der Waals surface area contributed by atoms with E-state index in [1.165, 1.54) is 24.3 Å². The Morgan fingerprint density at radius 2 is 1.90 bits per heavy atom. The number of para-hydroxylation sites is 1. The zero-order valence-corrected chi connectivity index (χ0v) is 17.4. The Labute approximate surface area is 176 Å². The number of sulfonamides is 1. The zero-order chi connectivity index (χ0) is 21.7. The third kappa shape index (κ3) is 4.84. The van der Waals surface area contributed by atoms with Crippen molar-refractivity contribution in [3.05, 3.63) is 76.9 Å². The van der Waals surface area contributed by atoms with Crippen molar-refractivity contribution < 1.29 is 22.7 Å². The van der Waals surface area contributed by atoms with Gasteiger partial charge in [-0.3, -0.25) is 9.52 Å². The van der Waals surface area contributed by atoms with Crippen molar-refractivity contribution in [3.63, 3.8) is 0 Å². The van der Waals surface area contributed by atoms with E-state index in [0.29, 0.717) is 6.42 Å². The molecule has 0 saturated heterocycles. The Bertz CT molecular complexity index is 1190. The van der Waals surface area contributed by atoms with Gasteiger partial charge in [0.2, 0.25) is 0 Å². The fraction of sp³-hybridized carbons (Fsp3) is 0.100. The predicted octanol–water partition coefficient (Wildman–Crippen LogP) is 3.94. The number of hydrogen-bond donors (Lipinski definition) is 3. The average molecular weight is 448 g/mol. The number of phenolic OH excluding ortho intramolecular Hbond substituents is 1. The van der Waals surface area contributed by atoms with Crippen molar-refractivity contribution in [1.29, 1.82) is 0 Å². The molecule has 0 aliphatic rings. The van der Waals surface area contributed by atoms with E-state index in [1.54, 1.807) is 30.5 Å². The van der Waals surface area contributed by atoms with Gasteiger partial charge in [-0.1, -0.05) is 25.1 Å². The number of anilines is 1. The molecule has 3 rings (SSSR count). The monoisotopic (exact) mass is 447 g/mol. The normalized spacial score (nSPS) is 11.9. The molecule has 2 aromatic carbocycles. The van der Waals surface area contributed by atoms with Crippen molar-refractivity contribution in [1.82, 2.24) is 5.43 Å². The van der Waals surface area contributed by atoms with Gasteiger partial charge in [-0.25, -0.2) is 18.2 Å². The van der Waals surface area contributed by atoms with Gasteiger partial charge in [-0.15, -0.1) is 11.3 Å². The zero-order valence-electron chi connectivity index (χ0n) is 15.8. The summed E-state index contributed by atoms with van der Waals surface area (Å²) >= 11 is 1.05. The van der Waals surface area contributed by atoms with Crippen LogP contribution in [0.3, 0.4) is 0 Å². The minimum Gasteiger partial charge on any atom is -0.507 e. The third-order valence-electron chi connectivity index (χ3n) is 4.07. The van der Waals surface area contributed by atoms with E-state index in [-0.39, 0.29) is 32.5 Å². The largest absolute Gasteiger partial charge is 0.507 e. The Kier molecular flexibility index (Phi) is 6.48. The summed E-state index contributed by atoms with van der Waals surface area (Å²) < 4.78 is 41.0. The lowest BCUT2D eigenvalue weighted by molar-refractivity contribution is 0.0955. The summed E-state index contributed by atoms with van der Waals surface area (Å²) in [6.45, 7) is 1.73. The van der Waals surface area contributed by atoms with Gasteiger partial charge >= 0.3 is 0 Å². The SMILES string of the molecule is CC/C(=N\NC(=O)c1ccccc1NS(=O)(=O)c1cccs1)c1cc(F)ccc1O. The number of nitrogens with one attached hydrogen (secondary N) is 2. The summed E-state index contributed by atoms with van der Waals surface area (Å²) in [6.07, 6.45) is 0.309. The first-order valence-corrected chi connectivity index (χ1v) is 11.2. The number of phenols is 1. The van der Waals surface area contributed by atoms with Gasteiger partial charge in [0.1, 0.15) is 15.8 Å². The summed E-state index contributed by atoms with van der Waals surface area (Å²) in [5.74, 6) is -1.39. The number of carbonyl (C=O) groups is 1. The third-order valence-corrected chi connectivity index (χ3v) is 6.84. The maximum atomic E-state index is 13.5. The molecule has 0 unspecified atom stereocenters. The number of rotatable bonds is 7. The van der Waals surface area contributed by atoms with E-state index in [0.717, 1.165) is 23.5 Å². The first kappa shape index (κ1) is 21.5. The van der Waals surface area contributed by atoms with Gasteiger partial charge < -0.3 is 5.11 Å².